The van der Waals surface area contributed by atoms with Crippen LogP contribution in [0.25, 0.3) is 0 Å². The molecule has 0 fully saturated rings. The highest BCUT2D eigenvalue weighted by Crippen LogP contribution is 2.23. The summed E-state index contributed by atoms with van der Waals surface area (Å²) in [5, 5.41) is 0. The van der Waals surface area contributed by atoms with Gasteiger partial charge in [-0.2, -0.15) is 0 Å². The van der Waals surface area contributed by atoms with Crippen molar-refractivity contribution in [3.63, 3.8) is 0 Å². The molecule has 66 valence electrons. The van der Waals surface area contributed by atoms with Crippen molar-refractivity contribution in [3.05, 3.63) is 29.1 Å². The molecule has 1 aromatic rings. The lowest BCUT2D eigenvalue weighted by atomic mass is 10.1. The summed E-state index contributed by atoms with van der Waals surface area (Å²) in [6.07, 6.45) is -1.10. The first-order chi connectivity index (χ1) is 5.66. The van der Waals surface area contributed by atoms with Gasteiger partial charge in [-0.25, -0.2) is 8.78 Å². The standard InChI is InChI=1S/C8H8ClF2N/c1-5-6(8(10)11)2-3-12-7(5)4-9/h2-3,8H,4H2,1H3. The molecule has 0 amide bonds. The fourth-order valence-electron chi connectivity index (χ4n) is 0.967. The van der Waals surface area contributed by atoms with Crippen molar-refractivity contribution < 1.29 is 8.78 Å². The van der Waals surface area contributed by atoms with E-state index in [1.807, 2.05) is 0 Å². The molecule has 1 aromatic heterocycles. The van der Waals surface area contributed by atoms with Gasteiger partial charge in [0.2, 0.25) is 0 Å². The van der Waals surface area contributed by atoms with Crippen LogP contribution in [-0.2, 0) is 5.88 Å². The summed E-state index contributed by atoms with van der Waals surface area (Å²) in [7, 11) is 0. The van der Waals surface area contributed by atoms with Gasteiger partial charge < -0.3 is 0 Å². The minimum absolute atomic E-state index is 0.0145. The van der Waals surface area contributed by atoms with E-state index in [4.69, 9.17) is 11.6 Å². The summed E-state index contributed by atoms with van der Waals surface area (Å²) in [5.74, 6) is 0.173. The minimum atomic E-state index is -2.45. The van der Waals surface area contributed by atoms with Gasteiger partial charge in [-0.05, 0) is 18.6 Å². The maximum atomic E-state index is 12.3. The van der Waals surface area contributed by atoms with E-state index < -0.39 is 6.43 Å². The first-order valence-corrected chi connectivity index (χ1v) is 3.98. The summed E-state index contributed by atoms with van der Waals surface area (Å²) in [6, 6.07) is 1.32. The molecule has 0 saturated carbocycles. The Bertz CT molecular complexity index is 276. The number of pyridine rings is 1. The molecule has 1 rings (SSSR count). The molecule has 4 heteroatoms. The van der Waals surface area contributed by atoms with E-state index in [2.05, 4.69) is 4.98 Å². The van der Waals surface area contributed by atoms with Crippen LogP contribution in [0.3, 0.4) is 0 Å². The van der Waals surface area contributed by atoms with Gasteiger partial charge in [0, 0.05) is 11.8 Å². The van der Waals surface area contributed by atoms with Crippen molar-refractivity contribution in [2.24, 2.45) is 0 Å². The van der Waals surface area contributed by atoms with Crippen molar-refractivity contribution in [2.75, 3.05) is 0 Å². The van der Waals surface area contributed by atoms with Crippen LogP contribution in [0.5, 0.6) is 0 Å². The number of alkyl halides is 3. The topological polar surface area (TPSA) is 12.9 Å². The summed E-state index contributed by atoms with van der Waals surface area (Å²) < 4.78 is 24.5. The highest BCUT2D eigenvalue weighted by molar-refractivity contribution is 6.17. The van der Waals surface area contributed by atoms with Crippen LogP contribution in [0.4, 0.5) is 8.78 Å². The predicted molar refractivity (Wildman–Crippen MR) is 43.5 cm³/mol. The SMILES string of the molecule is Cc1c(C(F)F)ccnc1CCl. The third-order valence-corrected chi connectivity index (χ3v) is 1.97. The van der Waals surface area contributed by atoms with Gasteiger partial charge in [0.15, 0.2) is 0 Å². The third-order valence-electron chi connectivity index (χ3n) is 1.71. The predicted octanol–water partition coefficient (Wildman–Crippen LogP) is 3.07. The van der Waals surface area contributed by atoms with Crippen LogP contribution in [0, 0.1) is 6.92 Å². The smallest absolute Gasteiger partial charge is 0.260 e. The number of aromatic nitrogens is 1. The molecule has 0 spiro atoms. The maximum Gasteiger partial charge on any atom is 0.264 e. The Hall–Kier alpha value is -0.700. The van der Waals surface area contributed by atoms with Crippen LogP contribution in [-0.4, -0.2) is 4.98 Å². The van der Waals surface area contributed by atoms with Gasteiger partial charge in [-0.1, -0.05) is 0 Å². The second-order valence-corrected chi connectivity index (χ2v) is 2.67. The lowest BCUT2D eigenvalue weighted by molar-refractivity contribution is 0.150. The summed E-state index contributed by atoms with van der Waals surface area (Å²) in [5.41, 5.74) is 1.03. The van der Waals surface area contributed by atoms with E-state index in [-0.39, 0.29) is 11.4 Å². The van der Waals surface area contributed by atoms with Crippen molar-refractivity contribution in [1.82, 2.24) is 4.98 Å². The molecule has 1 nitrogen and oxygen atoms in total. The Morgan fingerprint density at radius 3 is 2.75 bits per heavy atom. The zero-order valence-electron chi connectivity index (χ0n) is 6.52. The Balaban J connectivity index is 3.14. The van der Waals surface area contributed by atoms with E-state index in [9.17, 15) is 8.78 Å². The molecular weight excluding hydrogens is 184 g/mol. The van der Waals surface area contributed by atoms with Crippen LogP contribution < -0.4 is 0 Å². The van der Waals surface area contributed by atoms with Crippen LogP contribution in [0.15, 0.2) is 12.3 Å². The lowest BCUT2D eigenvalue weighted by Crippen LogP contribution is -1.96. The molecule has 0 bridgehead atoms. The second-order valence-electron chi connectivity index (χ2n) is 2.41. The molecule has 0 saturated heterocycles. The molecule has 0 radical (unpaired) electrons. The van der Waals surface area contributed by atoms with Gasteiger partial charge in [0.05, 0.1) is 11.6 Å². The van der Waals surface area contributed by atoms with Crippen molar-refractivity contribution in [3.8, 4) is 0 Å². The number of nitrogens with zero attached hydrogens (tertiary/aromatic N) is 1. The molecule has 0 aliphatic rings. The summed E-state index contributed by atoms with van der Waals surface area (Å²) in [6.45, 7) is 1.60. The molecule has 0 atom stereocenters. The molecule has 0 aromatic carbocycles. The lowest BCUT2D eigenvalue weighted by Gasteiger charge is -2.06. The molecule has 12 heavy (non-hydrogen) atoms. The average molecular weight is 192 g/mol. The quantitative estimate of drug-likeness (QED) is 0.655. The maximum absolute atomic E-state index is 12.3. The van der Waals surface area contributed by atoms with Gasteiger partial charge in [0.25, 0.3) is 6.43 Å². The zero-order chi connectivity index (χ0) is 9.14. The van der Waals surface area contributed by atoms with Crippen LogP contribution in [0.1, 0.15) is 23.2 Å². The highest BCUT2D eigenvalue weighted by atomic mass is 35.5. The molecule has 0 unspecified atom stereocenters. The van der Waals surface area contributed by atoms with Crippen molar-refractivity contribution >= 4 is 11.6 Å². The Labute approximate surface area is 74.4 Å². The van der Waals surface area contributed by atoms with Crippen molar-refractivity contribution in [1.29, 1.82) is 0 Å². The number of hydrogen-bond donors (Lipinski definition) is 0. The zero-order valence-corrected chi connectivity index (χ0v) is 7.28. The first-order valence-electron chi connectivity index (χ1n) is 3.45. The Morgan fingerprint density at radius 2 is 2.25 bits per heavy atom. The van der Waals surface area contributed by atoms with E-state index in [0.717, 1.165) is 0 Å². The Morgan fingerprint density at radius 1 is 1.58 bits per heavy atom. The average Bonchev–Trinajstić information content (AvgIpc) is 2.04. The molecule has 0 N–H and O–H groups in total. The molecule has 1 heterocycles. The molecular formula is C8H8ClF2N. The fraction of sp³-hybridized carbons (Fsp3) is 0.375. The van der Waals surface area contributed by atoms with E-state index >= 15 is 0 Å². The van der Waals surface area contributed by atoms with Gasteiger partial charge >= 0.3 is 0 Å². The fourth-order valence-corrected chi connectivity index (χ4v) is 1.24. The molecule has 0 aliphatic heterocycles. The van der Waals surface area contributed by atoms with Gasteiger partial charge in [0.1, 0.15) is 0 Å². The summed E-state index contributed by atoms with van der Waals surface area (Å²) in [4.78, 5) is 3.87. The number of rotatable bonds is 2. The normalized spacial score (nSPS) is 10.8. The first kappa shape index (κ1) is 9.39. The second kappa shape index (κ2) is 3.81. The van der Waals surface area contributed by atoms with Crippen LogP contribution in [0.2, 0.25) is 0 Å². The van der Waals surface area contributed by atoms with Gasteiger partial charge in [-0.3, -0.25) is 4.98 Å². The van der Waals surface area contributed by atoms with E-state index in [1.165, 1.54) is 12.3 Å². The summed E-state index contributed by atoms with van der Waals surface area (Å²) >= 11 is 5.50. The van der Waals surface area contributed by atoms with E-state index in [1.54, 1.807) is 6.92 Å². The number of halogens is 3. The number of hydrogen-bond acceptors (Lipinski definition) is 1. The highest BCUT2D eigenvalue weighted by Gasteiger charge is 2.12. The van der Waals surface area contributed by atoms with E-state index in [0.29, 0.717) is 11.3 Å². The minimum Gasteiger partial charge on any atom is -0.260 e. The van der Waals surface area contributed by atoms with Crippen molar-refractivity contribution in [2.45, 2.75) is 19.2 Å². The third kappa shape index (κ3) is 1.72. The largest absolute Gasteiger partial charge is 0.264 e. The van der Waals surface area contributed by atoms with Gasteiger partial charge in [-0.15, -0.1) is 11.6 Å². The Kier molecular flexibility index (Phi) is 2.98. The monoisotopic (exact) mass is 191 g/mol. The van der Waals surface area contributed by atoms with Crippen LogP contribution >= 0.6 is 11.6 Å². The molecule has 0 aliphatic carbocycles.